The van der Waals surface area contributed by atoms with E-state index < -0.39 is 28.0 Å². The molecule has 0 aliphatic carbocycles. The van der Waals surface area contributed by atoms with Crippen molar-refractivity contribution in [3.63, 3.8) is 0 Å². The van der Waals surface area contributed by atoms with Gasteiger partial charge in [0.15, 0.2) is 5.82 Å². The van der Waals surface area contributed by atoms with Crippen molar-refractivity contribution in [2.75, 3.05) is 0 Å². The van der Waals surface area contributed by atoms with Gasteiger partial charge in [0, 0.05) is 6.07 Å². The standard InChI is InChI=1S/C15H10F2N2O3/c16-12-5-6-13(19(20)21)15(14(12)17)22-9-11-3-1-10(2-4-11)7-8-18/h1-6H,7,9H2. The van der Waals surface area contributed by atoms with Crippen LogP contribution in [0.3, 0.4) is 0 Å². The van der Waals surface area contributed by atoms with Crippen molar-refractivity contribution < 1.29 is 18.4 Å². The number of halogens is 2. The van der Waals surface area contributed by atoms with Gasteiger partial charge < -0.3 is 4.74 Å². The minimum atomic E-state index is -1.39. The van der Waals surface area contributed by atoms with Gasteiger partial charge >= 0.3 is 5.69 Å². The third-order valence-corrected chi connectivity index (χ3v) is 2.92. The second kappa shape index (κ2) is 6.63. The van der Waals surface area contributed by atoms with E-state index in [0.29, 0.717) is 11.6 Å². The molecule has 0 aliphatic heterocycles. The lowest BCUT2D eigenvalue weighted by atomic mass is 10.1. The van der Waals surface area contributed by atoms with Crippen LogP contribution < -0.4 is 4.74 Å². The summed E-state index contributed by atoms with van der Waals surface area (Å²) < 4.78 is 31.9. The van der Waals surface area contributed by atoms with Gasteiger partial charge in [0.2, 0.25) is 11.6 Å². The molecule has 0 spiro atoms. The number of nitro benzene ring substituents is 1. The molecule has 0 saturated heterocycles. The molecule has 112 valence electrons. The molecule has 2 aromatic rings. The summed E-state index contributed by atoms with van der Waals surface area (Å²) in [4.78, 5) is 9.98. The largest absolute Gasteiger partial charge is 0.480 e. The SMILES string of the molecule is N#CCc1ccc(COc2c([N+](=O)[O-])ccc(F)c2F)cc1. The van der Waals surface area contributed by atoms with Crippen LogP contribution in [-0.4, -0.2) is 4.92 Å². The highest BCUT2D eigenvalue weighted by Gasteiger charge is 2.23. The Kier molecular flexibility index (Phi) is 4.63. The van der Waals surface area contributed by atoms with Gasteiger partial charge in [-0.2, -0.15) is 9.65 Å². The molecule has 5 nitrogen and oxygen atoms in total. The first-order chi connectivity index (χ1) is 10.5. The fraction of sp³-hybridized carbons (Fsp3) is 0.133. The highest BCUT2D eigenvalue weighted by atomic mass is 19.2. The van der Waals surface area contributed by atoms with Crippen LogP contribution in [0.15, 0.2) is 36.4 Å². The molecule has 0 saturated carbocycles. The predicted molar refractivity (Wildman–Crippen MR) is 73.1 cm³/mol. The summed E-state index contributed by atoms with van der Waals surface area (Å²) in [6.07, 6.45) is 0.255. The summed E-state index contributed by atoms with van der Waals surface area (Å²) in [6, 6.07) is 10.2. The van der Waals surface area contributed by atoms with Gasteiger partial charge in [-0.05, 0) is 17.2 Å². The van der Waals surface area contributed by atoms with Gasteiger partial charge in [0.25, 0.3) is 0 Å². The predicted octanol–water partition coefficient (Wildman–Crippen LogP) is 3.52. The molecule has 0 aromatic heterocycles. The molecule has 2 rings (SSSR count). The molecule has 0 bridgehead atoms. The zero-order valence-electron chi connectivity index (χ0n) is 11.3. The van der Waals surface area contributed by atoms with Crippen molar-refractivity contribution in [2.45, 2.75) is 13.0 Å². The molecule has 0 amide bonds. The quantitative estimate of drug-likeness (QED) is 0.625. The maximum Gasteiger partial charge on any atom is 0.314 e. The fourth-order valence-corrected chi connectivity index (χ4v) is 1.80. The minimum absolute atomic E-state index is 0.159. The first-order valence-corrected chi connectivity index (χ1v) is 6.23. The van der Waals surface area contributed by atoms with E-state index in [1.807, 2.05) is 6.07 Å². The first-order valence-electron chi connectivity index (χ1n) is 6.23. The van der Waals surface area contributed by atoms with Gasteiger partial charge in [-0.1, -0.05) is 24.3 Å². The fourth-order valence-electron chi connectivity index (χ4n) is 1.80. The summed E-state index contributed by atoms with van der Waals surface area (Å²) in [7, 11) is 0. The lowest BCUT2D eigenvalue weighted by Crippen LogP contribution is -2.03. The van der Waals surface area contributed by atoms with Crippen LogP contribution in [0.1, 0.15) is 11.1 Å². The van der Waals surface area contributed by atoms with E-state index in [9.17, 15) is 18.9 Å². The second-order valence-corrected chi connectivity index (χ2v) is 4.41. The summed E-state index contributed by atoms with van der Waals surface area (Å²) in [6.45, 7) is -0.159. The Hall–Kier alpha value is -3.01. The lowest BCUT2D eigenvalue weighted by molar-refractivity contribution is -0.386. The molecule has 7 heteroatoms. The Bertz CT molecular complexity index is 740. The van der Waals surface area contributed by atoms with Gasteiger partial charge in [-0.3, -0.25) is 10.1 Å². The average molecular weight is 304 g/mol. The highest BCUT2D eigenvalue weighted by molar-refractivity contribution is 5.47. The van der Waals surface area contributed by atoms with Crippen molar-refractivity contribution in [1.82, 2.24) is 0 Å². The topological polar surface area (TPSA) is 76.2 Å². The number of rotatable bonds is 5. The Balaban J connectivity index is 2.19. The van der Waals surface area contributed by atoms with E-state index in [1.165, 1.54) is 0 Å². The second-order valence-electron chi connectivity index (χ2n) is 4.41. The van der Waals surface area contributed by atoms with E-state index in [0.717, 1.165) is 11.6 Å². The van der Waals surface area contributed by atoms with Gasteiger partial charge in [0.05, 0.1) is 17.4 Å². The maximum atomic E-state index is 13.6. The van der Waals surface area contributed by atoms with Gasteiger partial charge in [0.1, 0.15) is 6.61 Å². The van der Waals surface area contributed by atoms with Crippen LogP contribution >= 0.6 is 0 Å². The molecule has 0 unspecified atom stereocenters. The van der Waals surface area contributed by atoms with E-state index in [1.54, 1.807) is 24.3 Å². The van der Waals surface area contributed by atoms with Crippen molar-refractivity contribution >= 4 is 5.69 Å². The zero-order chi connectivity index (χ0) is 16.1. The van der Waals surface area contributed by atoms with Crippen LogP contribution in [0.2, 0.25) is 0 Å². The molecule has 0 N–H and O–H groups in total. The molecule has 0 radical (unpaired) electrons. The van der Waals surface area contributed by atoms with Crippen LogP contribution in [0.4, 0.5) is 14.5 Å². The zero-order valence-corrected chi connectivity index (χ0v) is 11.3. The minimum Gasteiger partial charge on any atom is -0.480 e. The number of benzene rings is 2. The Morgan fingerprint density at radius 3 is 2.36 bits per heavy atom. The first kappa shape index (κ1) is 15.4. The Labute approximate surface area is 124 Å². The Morgan fingerprint density at radius 2 is 1.77 bits per heavy atom. The molecule has 0 fully saturated rings. The van der Waals surface area contributed by atoms with Crippen LogP contribution in [-0.2, 0) is 13.0 Å². The molecule has 0 atom stereocenters. The number of ether oxygens (including phenoxy) is 1. The summed E-state index contributed by atoms with van der Waals surface area (Å²) in [5, 5.41) is 19.4. The van der Waals surface area contributed by atoms with Crippen molar-refractivity contribution in [2.24, 2.45) is 0 Å². The summed E-state index contributed by atoms with van der Waals surface area (Å²) in [5.41, 5.74) is 0.772. The number of hydrogen-bond donors (Lipinski definition) is 0. The van der Waals surface area contributed by atoms with Crippen molar-refractivity contribution in [3.8, 4) is 11.8 Å². The number of nitrogens with zero attached hydrogens (tertiary/aromatic N) is 2. The van der Waals surface area contributed by atoms with Crippen LogP contribution in [0.25, 0.3) is 0 Å². The Morgan fingerprint density at radius 1 is 1.14 bits per heavy atom. The number of nitro groups is 1. The van der Waals surface area contributed by atoms with E-state index in [-0.39, 0.29) is 13.0 Å². The van der Waals surface area contributed by atoms with Crippen molar-refractivity contribution in [3.05, 3.63) is 69.3 Å². The molecular formula is C15H10F2N2O3. The van der Waals surface area contributed by atoms with E-state index in [4.69, 9.17) is 10.00 Å². The summed E-state index contributed by atoms with van der Waals surface area (Å²) in [5.74, 6) is -3.34. The van der Waals surface area contributed by atoms with Gasteiger partial charge in [-0.25, -0.2) is 4.39 Å². The average Bonchev–Trinajstić information content (AvgIpc) is 2.50. The monoisotopic (exact) mass is 304 g/mol. The lowest BCUT2D eigenvalue weighted by Gasteiger charge is -2.08. The number of hydrogen-bond acceptors (Lipinski definition) is 4. The number of nitriles is 1. The van der Waals surface area contributed by atoms with Crippen LogP contribution in [0.5, 0.6) is 5.75 Å². The summed E-state index contributed by atoms with van der Waals surface area (Å²) >= 11 is 0. The smallest absolute Gasteiger partial charge is 0.314 e. The highest BCUT2D eigenvalue weighted by Crippen LogP contribution is 2.32. The van der Waals surface area contributed by atoms with Crippen molar-refractivity contribution in [1.29, 1.82) is 5.26 Å². The third-order valence-electron chi connectivity index (χ3n) is 2.92. The molecule has 22 heavy (non-hydrogen) atoms. The van der Waals surface area contributed by atoms with E-state index in [2.05, 4.69) is 0 Å². The van der Waals surface area contributed by atoms with Crippen LogP contribution in [0, 0.1) is 33.1 Å². The molecular weight excluding hydrogens is 294 g/mol. The van der Waals surface area contributed by atoms with E-state index >= 15 is 0 Å². The third kappa shape index (κ3) is 3.35. The van der Waals surface area contributed by atoms with Gasteiger partial charge in [-0.15, -0.1) is 0 Å². The molecule has 0 heterocycles. The maximum absolute atomic E-state index is 13.6. The molecule has 0 aliphatic rings. The normalized spacial score (nSPS) is 10.0. The molecule has 2 aromatic carbocycles.